The molecule has 2 aliphatic rings. The number of alkyl halides is 2. The predicted molar refractivity (Wildman–Crippen MR) is 124 cm³/mol. The molecule has 2 aromatic rings. The molecule has 2 atom stereocenters. The van der Waals surface area contributed by atoms with E-state index in [9.17, 15) is 23.2 Å². The Morgan fingerprint density at radius 2 is 1.63 bits per heavy atom. The van der Waals surface area contributed by atoms with E-state index in [1.807, 2.05) is 48.5 Å². The maximum Gasteiger partial charge on any atom is 0.407 e. The molecule has 2 aromatic carbocycles. The second-order valence-corrected chi connectivity index (χ2v) is 10.1. The molecule has 1 saturated heterocycles. The van der Waals surface area contributed by atoms with E-state index in [4.69, 9.17) is 9.84 Å². The lowest BCUT2D eigenvalue weighted by atomic mass is 9.86. The van der Waals surface area contributed by atoms with Gasteiger partial charge < -0.3 is 20.1 Å². The summed E-state index contributed by atoms with van der Waals surface area (Å²) in [6.45, 7) is 3.45. The topological polar surface area (TPSA) is 95.9 Å². The summed E-state index contributed by atoms with van der Waals surface area (Å²) in [5, 5.41) is 11.6. The summed E-state index contributed by atoms with van der Waals surface area (Å²) in [4.78, 5) is 37.9. The molecule has 0 saturated carbocycles. The van der Waals surface area contributed by atoms with Crippen molar-refractivity contribution in [3.05, 3.63) is 59.7 Å². The number of fused-ring (bicyclic) bond motifs is 3. The number of carbonyl (C=O) groups is 3. The van der Waals surface area contributed by atoms with Gasteiger partial charge in [-0.3, -0.25) is 9.59 Å². The van der Waals surface area contributed by atoms with Crippen LogP contribution in [0.15, 0.2) is 48.5 Å². The number of rotatable bonds is 5. The Morgan fingerprint density at radius 1 is 1.09 bits per heavy atom. The lowest BCUT2D eigenvalue weighted by molar-refractivity contribution is -0.151. The minimum atomic E-state index is -3.55. The van der Waals surface area contributed by atoms with Crippen molar-refractivity contribution in [2.45, 2.75) is 38.7 Å². The fourth-order valence-corrected chi connectivity index (χ4v) is 4.80. The Morgan fingerprint density at radius 3 is 2.11 bits per heavy atom. The Hall–Kier alpha value is -3.49. The zero-order chi connectivity index (χ0) is 25.5. The van der Waals surface area contributed by atoms with E-state index in [0.29, 0.717) is 0 Å². The number of nitrogens with one attached hydrogen (secondary N) is 1. The third-order valence-electron chi connectivity index (χ3n) is 6.64. The highest BCUT2D eigenvalue weighted by atomic mass is 19.3. The van der Waals surface area contributed by atoms with Crippen molar-refractivity contribution in [2.75, 3.05) is 19.7 Å². The highest BCUT2D eigenvalue weighted by Crippen LogP contribution is 2.44. The van der Waals surface area contributed by atoms with Gasteiger partial charge in [0.15, 0.2) is 0 Å². The zero-order valence-corrected chi connectivity index (χ0v) is 19.8. The van der Waals surface area contributed by atoms with Crippen molar-refractivity contribution in [2.24, 2.45) is 11.3 Å². The molecule has 2 amide bonds. The van der Waals surface area contributed by atoms with E-state index < -0.39 is 54.4 Å². The number of nitrogens with zero attached hydrogens (tertiary/aromatic N) is 1. The van der Waals surface area contributed by atoms with E-state index >= 15 is 0 Å². The minimum Gasteiger partial charge on any atom is -0.481 e. The van der Waals surface area contributed by atoms with Crippen LogP contribution in [-0.4, -0.2) is 59.6 Å². The molecule has 2 N–H and O–H groups in total. The number of amides is 2. The van der Waals surface area contributed by atoms with Crippen molar-refractivity contribution >= 4 is 18.0 Å². The van der Waals surface area contributed by atoms with Crippen molar-refractivity contribution in [3.63, 3.8) is 0 Å². The highest BCUT2D eigenvalue weighted by Gasteiger charge is 2.55. The van der Waals surface area contributed by atoms with Crippen LogP contribution in [0.25, 0.3) is 11.1 Å². The van der Waals surface area contributed by atoms with E-state index in [0.717, 1.165) is 27.2 Å². The van der Waals surface area contributed by atoms with Crippen LogP contribution in [0, 0.1) is 11.3 Å². The quantitative estimate of drug-likeness (QED) is 0.663. The zero-order valence-electron chi connectivity index (χ0n) is 19.8. The first kappa shape index (κ1) is 24.6. The summed E-state index contributed by atoms with van der Waals surface area (Å²) < 4.78 is 33.8. The van der Waals surface area contributed by atoms with Crippen LogP contribution in [0.1, 0.15) is 37.8 Å². The highest BCUT2D eigenvalue weighted by molar-refractivity contribution is 5.88. The monoisotopic (exact) mass is 486 g/mol. The second kappa shape index (κ2) is 8.94. The first-order valence-corrected chi connectivity index (χ1v) is 11.4. The summed E-state index contributed by atoms with van der Waals surface area (Å²) >= 11 is 0. The van der Waals surface area contributed by atoms with Crippen molar-refractivity contribution in [1.82, 2.24) is 10.2 Å². The van der Waals surface area contributed by atoms with Crippen molar-refractivity contribution in [3.8, 4) is 11.1 Å². The van der Waals surface area contributed by atoms with Gasteiger partial charge in [-0.2, -0.15) is 0 Å². The fraction of sp³-hybridized carbons (Fsp3) is 0.423. The van der Waals surface area contributed by atoms with Crippen LogP contribution >= 0.6 is 0 Å². The van der Waals surface area contributed by atoms with E-state index in [1.54, 1.807) is 20.8 Å². The SMILES string of the molecule is CC(C)(C)[C@@H](NC(=O)OCC1c2ccccc2-c2ccccc21)C(=O)N1CC(C(=O)O)C(F)(F)C1. The summed E-state index contributed by atoms with van der Waals surface area (Å²) in [7, 11) is 0. The number of ether oxygens (including phenoxy) is 1. The van der Waals surface area contributed by atoms with Crippen molar-refractivity contribution < 1.29 is 33.0 Å². The maximum absolute atomic E-state index is 14.1. The molecule has 186 valence electrons. The summed E-state index contributed by atoms with van der Waals surface area (Å²) in [5.74, 6) is -8.14. The molecule has 0 aromatic heterocycles. The predicted octanol–water partition coefficient (Wildman–Crippen LogP) is 4.12. The van der Waals surface area contributed by atoms with Gasteiger partial charge >= 0.3 is 12.1 Å². The van der Waals surface area contributed by atoms with Gasteiger partial charge in [-0.05, 0) is 27.7 Å². The number of likely N-dealkylation sites (tertiary alicyclic amines) is 1. The maximum atomic E-state index is 14.1. The van der Waals surface area contributed by atoms with Gasteiger partial charge in [-0.15, -0.1) is 0 Å². The first-order valence-electron chi connectivity index (χ1n) is 11.4. The number of benzene rings is 2. The van der Waals surface area contributed by atoms with Gasteiger partial charge in [0.1, 0.15) is 18.6 Å². The molecule has 1 aliphatic heterocycles. The molecule has 0 spiro atoms. The lowest BCUT2D eigenvalue weighted by Gasteiger charge is -2.33. The molecule has 9 heteroatoms. The van der Waals surface area contributed by atoms with Gasteiger partial charge in [0.2, 0.25) is 5.91 Å². The third-order valence-corrected chi connectivity index (χ3v) is 6.64. The van der Waals surface area contributed by atoms with E-state index in [-0.39, 0.29) is 12.5 Å². The average molecular weight is 487 g/mol. The Labute approximate surface area is 202 Å². The summed E-state index contributed by atoms with van der Waals surface area (Å²) in [6, 6.07) is 14.5. The molecule has 1 aliphatic carbocycles. The lowest BCUT2D eigenvalue weighted by Crippen LogP contribution is -2.54. The molecular formula is C26H28F2N2O5. The molecule has 4 rings (SSSR count). The van der Waals surface area contributed by atoms with Crippen LogP contribution in [0.5, 0.6) is 0 Å². The summed E-state index contributed by atoms with van der Waals surface area (Å²) in [6.07, 6.45) is -0.846. The number of alkyl carbamates (subject to hydrolysis) is 1. The van der Waals surface area contributed by atoms with E-state index in [1.165, 1.54) is 0 Å². The van der Waals surface area contributed by atoms with Gasteiger partial charge in [-0.1, -0.05) is 69.3 Å². The number of carboxylic acids is 1. The van der Waals surface area contributed by atoms with E-state index in [2.05, 4.69) is 5.32 Å². The second-order valence-electron chi connectivity index (χ2n) is 10.1. The number of carboxylic acid groups (broad SMARTS) is 1. The smallest absolute Gasteiger partial charge is 0.407 e. The van der Waals surface area contributed by atoms with Gasteiger partial charge in [0, 0.05) is 12.5 Å². The molecule has 7 nitrogen and oxygen atoms in total. The Balaban J connectivity index is 1.46. The number of halogens is 2. The standard InChI is InChI=1S/C26H28F2N2O5/c1-25(2,3)21(22(31)30-12-20(23(32)33)26(27,28)14-30)29-24(34)35-13-19-17-10-6-4-8-15(17)16-9-5-7-11-18(16)19/h4-11,19-21H,12-14H2,1-3H3,(H,29,34)(H,32,33)/t20?,21-/m0/s1. The number of aliphatic carboxylic acids is 1. The molecule has 1 fully saturated rings. The molecule has 1 heterocycles. The molecule has 35 heavy (non-hydrogen) atoms. The Kier molecular flexibility index (Phi) is 6.29. The van der Waals surface area contributed by atoms with Gasteiger partial charge in [0.25, 0.3) is 5.92 Å². The normalized spacial score (nSPS) is 19.6. The van der Waals surface area contributed by atoms with Crippen LogP contribution in [0.3, 0.4) is 0 Å². The molecule has 1 unspecified atom stereocenters. The number of carbonyl (C=O) groups excluding carboxylic acids is 2. The summed E-state index contributed by atoms with van der Waals surface area (Å²) in [5.41, 5.74) is 3.37. The average Bonchev–Trinajstić information content (AvgIpc) is 3.29. The van der Waals surface area contributed by atoms with Crippen LogP contribution in [0.4, 0.5) is 13.6 Å². The van der Waals surface area contributed by atoms with Crippen LogP contribution in [-0.2, 0) is 14.3 Å². The molecule has 0 bridgehead atoms. The van der Waals surface area contributed by atoms with Crippen LogP contribution < -0.4 is 5.32 Å². The number of hydrogen-bond donors (Lipinski definition) is 2. The third kappa shape index (κ3) is 4.72. The van der Waals surface area contributed by atoms with Crippen LogP contribution in [0.2, 0.25) is 0 Å². The largest absolute Gasteiger partial charge is 0.481 e. The van der Waals surface area contributed by atoms with Gasteiger partial charge in [0.05, 0.1) is 6.54 Å². The Bertz CT molecular complexity index is 1110. The minimum absolute atomic E-state index is 0.0355. The number of hydrogen-bond acceptors (Lipinski definition) is 4. The fourth-order valence-electron chi connectivity index (χ4n) is 4.80. The van der Waals surface area contributed by atoms with Crippen molar-refractivity contribution in [1.29, 1.82) is 0 Å². The molecule has 0 radical (unpaired) electrons. The first-order chi connectivity index (χ1) is 16.4. The van der Waals surface area contributed by atoms with Gasteiger partial charge in [-0.25, -0.2) is 13.6 Å². The molecular weight excluding hydrogens is 458 g/mol.